The summed E-state index contributed by atoms with van der Waals surface area (Å²) in [5, 5.41) is 15.7. The molecule has 2 aromatic rings. The zero-order chi connectivity index (χ0) is 13.9. The van der Waals surface area contributed by atoms with E-state index in [9.17, 15) is 0 Å². The smallest absolute Gasteiger partial charge is 0.143 e. The molecule has 0 bridgehead atoms. The second-order valence-electron chi connectivity index (χ2n) is 5.22. The van der Waals surface area contributed by atoms with Gasteiger partial charge in [0.25, 0.3) is 0 Å². The number of benzene rings is 1. The number of aromatic nitrogens is 4. The molecule has 0 aliphatic carbocycles. The fourth-order valence-corrected chi connectivity index (χ4v) is 3.64. The Morgan fingerprint density at radius 1 is 1.40 bits per heavy atom. The van der Waals surface area contributed by atoms with Crippen molar-refractivity contribution in [2.45, 2.75) is 38.0 Å². The zero-order valence-corrected chi connectivity index (χ0v) is 12.6. The summed E-state index contributed by atoms with van der Waals surface area (Å²) >= 11 is 2.05. The lowest BCUT2D eigenvalue weighted by Gasteiger charge is -2.30. The molecule has 1 N–H and O–H groups in total. The minimum Gasteiger partial charge on any atom is -0.381 e. The van der Waals surface area contributed by atoms with E-state index in [0.717, 1.165) is 5.69 Å². The van der Waals surface area contributed by atoms with Gasteiger partial charge in [0.2, 0.25) is 0 Å². The number of nitrogens with zero attached hydrogens (tertiary/aromatic N) is 4. The first-order valence-electron chi connectivity index (χ1n) is 6.96. The van der Waals surface area contributed by atoms with E-state index in [2.05, 4.69) is 58.6 Å². The van der Waals surface area contributed by atoms with Crippen molar-refractivity contribution >= 4 is 17.4 Å². The predicted octanol–water partition coefficient (Wildman–Crippen LogP) is 2.67. The highest BCUT2D eigenvalue weighted by atomic mass is 32.2. The van der Waals surface area contributed by atoms with Gasteiger partial charge in [0.1, 0.15) is 6.33 Å². The van der Waals surface area contributed by atoms with Crippen molar-refractivity contribution in [1.29, 1.82) is 0 Å². The number of hydrogen-bond acceptors (Lipinski definition) is 5. The number of nitrogens with one attached hydrogen (secondary N) is 1. The summed E-state index contributed by atoms with van der Waals surface area (Å²) in [6, 6.07) is 6.81. The van der Waals surface area contributed by atoms with Gasteiger partial charge in [-0.1, -0.05) is 13.0 Å². The van der Waals surface area contributed by atoms with Crippen LogP contribution in [0.5, 0.6) is 0 Å². The molecule has 6 heteroatoms. The van der Waals surface area contributed by atoms with Crippen molar-refractivity contribution in [3.05, 3.63) is 30.1 Å². The highest BCUT2D eigenvalue weighted by Crippen LogP contribution is 2.29. The van der Waals surface area contributed by atoms with E-state index in [-0.39, 0.29) is 0 Å². The van der Waals surface area contributed by atoms with Crippen molar-refractivity contribution in [2.75, 3.05) is 11.1 Å². The Hall–Kier alpha value is -1.56. The van der Waals surface area contributed by atoms with Crippen LogP contribution in [0, 0.1) is 6.92 Å². The SMILES string of the molecule is Cc1ccc(-n2cnnn2)cc1NC1CCCSC1C. The van der Waals surface area contributed by atoms with E-state index in [1.165, 1.54) is 29.8 Å². The second-order valence-corrected chi connectivity index (χ2v) is 6.71. The van der Waals surface area contributed by atoms with Crippen LogP contribution in [0.15, 0.2) is 24.5 Å². The van der Waals surface area contributed by atoms with Gasteiger partial charge in [-0.25, -0.2) is 4.68 Å². The van der Waals surface area contributed by atoms with Gasteiger partial charge < -0.3 is 5.32 Å². The Labute approximate surface area is 123 Å². The molecule has 1 saturated heterocycles. The Morgan fingerprint density at radius 3 is 3.05 bits per heavy atom. The van der Waals surface area contributed by atoms with Crippen molar-refractivity contribution in [3.8, 4) is 5.69 Å². The van der Waals surface area contributed by atoms with Crippen LogP contribution in [0.2, 0.25) is 0 Å². The standard InChI is InChI=1S/C14H19N5S/c1-10-5-6-12(19-9-15-17-18-19)8-14(10)16-13-4-3-7-20-11(13)2/h5-6,8-9,11,13,16H,3-4,7H2,1-2H3. The van der Waals surface area contributed by atoms with Crippen molar-refractivity contribution in [1.82, 2.24) is 20.2 Å². The summed E-state index contributed by atoms with van der Waals surface area (Å²) in [7, 11) is 0. The maximum absolute atomic E-state index is 3.94. The number of tetrazole rings is 1. The van der Waals surface area contributed by atoms with Crippen LogP contribution in [0.1, 0.15) is 25.3 Å². The van der Waals surface area contributed by atoms with Crippen LogP contribution in [-0.2, 0) is 0 Å². The summed E-state index contributed by atoms with van der Waals surface area (Å²) in [4.78, 5) is 0. The van der Waals surface area contributed by atoms with Crippen LogP contribution in [0.25, 0.3) is 5.69 Å². The van der Waals surface area contributed by atoms with Crippen LogP contribution < -0.4 is 5.32 Å². The Bertz CT molecular complexity index is 569. The van der Waals surface area contributed by atoms with Crippen molar-refractivity contribution < 1.29 is 0 Å². The number of anilines is 1. The van der Waals surface area contributed by atoms with E-state index in [4.69, 9.17) is 0 Å². The molecule has 3 rings (SSSR count). The lowest BCUT2D eigenvalue weighted by atomic mass is 10.1. The fourth-order valence-electron chi connectivity index (χ4n) is 2.50. The maximum Gasteiger partial charge on any atom is 0.143 e. The lowest BCUT2D eigenvalue weighted by molar-refractivity contribution is 0.617. The van der Waals surface area contributed by atoms with E-state index in [1.807, 2.05) is 6.07 Å². The van der Waals surface area contributed by atoms with Crippen molar-refractivity contribution in [2.24, 2.45) is 0 Å². The normalized spacial score (nSPS) is 22.7. The molecule has 1 aromatic carbocycles. The van der Waals surface area contributed by atoms with Gasteiger partial charge >= 0.3 is 0 Å². The third-order valence-electron chi connectivity index (χ3n) is 3.78. The van der Waals surface area contributed by atoms with E-state index in [1.54, 1.807) is 11.0 Å². The highest BCUT2D eigenvalue weighted by Gasteiger charge is 2.22. The highest BCUT2D eigenvalue weighted by molar-refractivity contribution is 8.00. The molecule has 1 fully saturated rings. The van der Waals surface area contributed by atoms with E-state index < -0.39 is 0 Å². The first-order valence-corrected chi connectivity index (χ1v) is 8.01. The third kappa shape index (κ3) is 2.80. The lowest BCUT2D eigenvalue weighted by Crippen LogP contribution is -2.33. The monoisotopic (exact) mass is 289 g/mol. The molecule has 1 aliphatic heterocycles. The van der Waals surface area contributed by atoms with Crippen LogP contribution in [0.3, 0.4) is 0 Å². The molecule has 2 heterocycles. The molecule has 2 atom stereocenters. The fraction of sp³-hybridized carbons (Fsp3) is 0.500. The topological polar surface area (TPSA) is 55.6 Å². The number of hydrogen-bond donors (Lipinski definition) is 1. The number of aryl methyl sites for hydroxylation is 1. The quantitative estimate of drug-likeness (QED) is 0.941. The first kappa shape index (κ1) is 13.4. The van der Waals surface area contributed by atoms with Gasteiger partial charge in [0.05, 0.1) is 5.69 Å². The first-order chi connectivity index (χ1) is 9.74. The molecule has 0 radical (unpaired) electrons. The molecule has 0 saturated carbocycles. The van der Waals surface area contributed by atoms with Crippen molar-refractivity contribution in [3.63, 3.8) is 0 Å². The molecule has 1 aromatic heterocycles. The van der Waals surface area contributed by atoms with E-state index in [0.29, 0.717) is 11.3 Å². The van der Waals surface area contributed by atoms with Gasteiger partial charge in [-0.15, -0.1) is 5.10 Å². The summed E-state index contributed by atoms with van der Waals surface area (Å²) in [6.45, 7) is 4.44. The average molecular weight is 289 g/mol. The van der Waals surface area contributed by atoms with Crippen LogP contribution in [-0.4, -0.2) is 37.3 Å². The summed E-state index contributed by atoms with van der Waals surface area (Å²) in [5.41, 5.74) is 3.42. The maximum atomic E-state index is 3.94. The Morgan fingerprint density at radius 2 is 2.30 bits per heavy atom. The molecule has 1 aliphatic rings. The van der Waals surface area contributed by atoms with Crippen LogP contribution in [0.4, 0.5) is 5.69 Å². The predicted molar refractivity (Wildman–Crippen MR) is 82.5 cm³/mol. The number of thioether (sulfide) groups is 1. The summed E-state index contributed by atoms with van der Waals surface area (Å²) in [6.07, 6.45) is 4.15. The molecule has 0 amide bonds. The van der Waals surface area contributed by atoms with Gasteiger partial charge in [0, 0.05) is 17.0 Å². The number of rotatable bonds is 3. The minimum atomic E-state index is 0.538. The largest absolute Gasteiger partial charge is 0.381 e. The molecule has 5 nitrogen and oxygen atoms in total. The summed E-state index contributed by atoms with van der Waals surface area (Å²) < 4.78 is 1.68. The molecular weight excluding hydrogens is 270 g/mol. The Kier molecular flexibility index (Phi) is 3.91. The van der Waals surface area contributed by atoms with Gasteiger partial charge in [-0.05, 0) is 53.6 Å². The second kappa shape index (κ2) is 5.83. The third-order valence-corrected chi connectivity index (χ3v) is 5.16. The zero-order valence-electron chi connectivity index (χ0n) is 11.8. The summed E-state index contributed by atoms with van der Waals surface area (Å²) in [5.74, 6) is 1.28. The van der Waals surface area contributed by atoms with Crippen LogP contribution >= 0.6 is 11.8 Å². The Balaban J connectivity index is 1.83. The van der Waals surface area contributed by atoms with Gasteiger partial charge in [-0.2, -0.15) is 11.8 Å². The molecule has 2 unspecified atom stereocenters. The molecule has 0 spiro atoms. The minimum absolute atomic E-state index is 0.538. The average Bonchev–Trinajstić information content (AvgIpc) is 2.98. The van der Waals surface area contributed by atoms with Gasteiger partial charge in [0.15, 0.2) is 0 Å². The molecule has 106 valence electrons. The van der Waals surface area contributed by atoms with E-state index >= 15 is 0 Å². The van der Waals surface area contributed by atoms with Gasteiger partial charge in [-0.3, -0.25) is 0 Å². The molecule has 20 heavy (non-hydrogen) atoms. The molecular formula is C14H19N5S.